The highest BCUT2D eigenvalue weighted by Crippen LogP contribution is 2.23. The molecule has 2 heterocycles. The minimum Gasteiger partial charge on any atom is -0.341 e. The van der Waals surface area contributed by atoms with Gasteiger partial charge in [-0.15, -0.1) is 0 Å². The van der Waals surface area contributed by atoms with Crippen LogP contribution in [0.25, 0.3) is 5.69 Å². The second-order valence-corrected chi connectivity index (χ2v) is 7.70. The lowest BCUT2D eigenvalue weighted by molar-refractivity contribution is -0.129. The number of nitrogens with zero attached hydrogens (tertiary/aromatic N) is 4. The second kappa shape index (κ2) is 8.33. The molecule has 0 unspecified atom stereocenters. The summed E-state index contributed by atoms with van der Waals surface area (Å²) >= 11 is 12.1. The average Bonchev–Trinajstić information content (AvgIpc) is 2.94. The Morgan fingerprint density at radius 3 is 2.54 bits per heavy atom. The van der Waals surface area contributed by atoms with Crippen molar-refractivity contribution in [2.45, 2.75) is 33.7 Å². The molecule has 0 fully saturated rings. The largest absolute Gasteiger partial charge is 0.341 e. The summed E-state index contributed by atoms with van der Waals surface area (Å²) in [5.74, 6) is 0.0163. The number of benzene rings is 1. The summed E-state index contributed by atoms with van der Waals surface area (Å²) in [4.78, 5) is 18.5. The number of rotatable bonds is 5. The molecular formula is C21H22Cl2N4O. The molecule has 0 saturated heterocycles. The van der Waals surface area contributed by atoms with Gasteiger partial charge in [0.15, 0.2) is 0 Å². The van der Waals surface area contributed by atoms with Gasteiger partial charge in [0, 0.05) is 36.1 Å². The van der Waals surface area contributed by atoms with Crippen LogP contribution in [0.1, 0.15) is 28.1 Å². The molecule has 2 aromatic heterocycles. The molecule has 0 saturated carbocycles. The minimum atomic E-state index is 0.0163. The normalized spacial score (nSPS) is 10.9. The van der Waals surface area contributed by atoms with Gasteiger partial charge in [0.25, 0.3) is 0 Å². The summed E-state index contributed by atoms with van der Waals surface area (Å²) < 4.78 is 1.84. The first-order valence-corrected chi connectivity index (χ1v) is 9.68. The summed E-state index contributed by atoms with van der Waals surface area (Å²) in [5.41, 5.74) is 5.54. The molecule has 0 atom stereocenters. The van der Waals surface area contributed by atoms with Crippen LogP contribution >= 0.6 is 23.2 Å². The highest BCUT2D eigenvalue weighted by atomic mass is 35.5. The summed E-state index contributed by atoms with van der Waals surface area (Å²) in [6, 6.07) is 9.43. The van der Waals surface area contributed by atoms with Gasteiger partial charge < -0.3 is 4.90 Å². The number of hydrogen-bond donors (Lipinski definition) is 0. The zero-order valence-corrected chi connectivity index (χ0v) is 17.8. The van der Waals surface area contributed by atoms with Crippen LogP contribution in [0.2, 0.25) is 10.2 Å². The Hall–Kier alpha value is -2.37. The molecule has 3 rings (SSSR count). The van der Waals surface area contributed by atoms with E-state index >= 15 is 0 Å². The van der Waals surface area contributed by atoms with E-state index in [1.165, 1.54) is 0 Å². The zero-order valence-electron chi connectivity index (χ0n) is 16.3. The van der Waals surface area contributed by atoms with Crippen LogP contribution in [0.5, 0.6) is 0 Å². The Labute approximate surface area is 174 Å². The van der Waals surface area contributed by atoms with E-state index in [0.29, 0.717) is 16.7 Å². The van der Waals surface area contributed by atoms with Crippen LogP contribution < -0.4 is 0 Å². The number of carbonyl (C=O) groups excluding carboxylic acids is 1. The number of aromatic nitrogens is 3. The van der Waals surface area contributed by atoms with Crippen molar-refractivity contribution in [1.82, 2.24) is 19.7 Å². The molecule has 0 bridgehead atoms. The average molecular weight is 417 g/mol. The van der Waals surface area contributed by atoms with E-state index in [1.807, 2.05) is 49.7 Å². The lowest BCUT2D eigenvalue weighted by atomic mass is 10.1. The first kappa shape index (κ1) is 20.4. The van der Waals surface area contributed by atoms with Gasteiger partial charge in [-0.1, -0.05) is 35.3 Å². The van der Waals surface area contributed by atoms with Gasteiger partial charge in [-0.3, -0.25) is 4.79 Å². The van der Waals surface area contributed by atoms with Gasteiger partial charge in [-0.25, -0.2) is 9.67 Å². The summed E-state index contributed by atoms with van der Waals surface area (Å²) in [6.07, 6.45) is 1.97. The first-order valence-electron chi connectivity index (χ1n) is 8.92. The monoisotopic (exact) mass is 416 g/mol. The fourth-order valence-electron chi connectivity index (χ4n) is 3.04. The Morgan fingerprint density at radius 2 is 1.89 bits per heavy atom. The predicted molar refractivity (Wildman–Crippen MR) is 112 cm³/mol. The van der Waals surface area contributed by atoms with Crippen molar-refractivity contribution in [1.29, 1.82) is 0 Å². The van der Waals surface area contributed by atoms with E-state index in [1.54, 1.807) is 24.2 Å². The van der Waals surface area contributed by atoms with Gasteiger partial charge >= 0.3 is 0 Å². The number of amides is 1. The van der Waals surface area contributed by atoms with E-state index in [0.717, 1.165) is 33.8 Å². The highest BCUT2D eigenvalue weighted by molar-refractivity contribution is 6.31. The zero-order chi connectivity index (χ0) is 20.4. The summed E-state index contributed by atoms with van der Waals surface area (Å²) in [5, 5.41) is 5.75. The number of likely N-dealkylation sites (N-methyl/N-ethyl adjacent to an activating group) is 1. The lowest BCUT2D eigenvalue weighted by Gasteiger charge is -2.17. The smallest absolute Gasteiger partial charge is 0.227 e. The fraction of sp³-hybridized carbons (Fsp3) is 0.286. The van der Waals surface area contributed by atoms with Crippen LogP contribution in [0, 0.1) is 20.8 Å². The van der Waals surface area contributed by atoms with E-state index in [-0.39, 0.29) is 12.3 Å². The second-order valence-electron chi connectivity index (χ2n) is 6.91. The van der Waals surface area contributed by atoms with Crippen molar-refractivity contribution in [2.24, 2.45) is 0 Å². The molecule has 0 aliphatic heterocycles. The maximum atomic E-state index is 12.8. The predicted octanol–water partition coefficient (Wildman–Crippen LogP) is 4.70. The molecule has 0 N–H and O–H groups in total. The van der Waals surface area contributed by atoms with E-state index in [9.17, 15) is 4.79 Å². The third-order valence-corrected chi connectivity index (χ3v) is 5.43. The number of halogens is 2. The van der Waals surface area contributed by atoms with Crippen LogP contribution in [-0.4, -0.2) is 32.6 Å². The van der Waals surface area contributed by atoms with Crippen molar-refractivity contribution < 1.29 is 4.79 Å². The number of carbonyl (C=O) groups is 1. The van der Waals surface area contributed by atoms with Crippen LogP contribution in [0.4, 0.5) is 0 Å². The van der Waals surface area contributed by atoms with Gasteiger partial charge in [0.05, 0.1) is 17.8 Å². The summed E-state index contributed by atoms with van der Waals surface area (Å²) in [6.45, 7) is 6.33. The SMILES string of the molecule is Cc1ccc(-n2nc(C)c(CC(=O)N(C)Cc3ccc(Cl)nc3)c2C)cc1Cl. The van der Waals surface area contributed by atoms with Gasteiger partial charge in [0.1, 0.15) is 5.15 Å². The number of pyridine rings is 1. The molecule has 7 heteroatoms. The Bertz CT molecular complexity index is 1010. The number of hydrogen-bond acceptors (Lipinski definition) is 3. The molecule has 0 aliphatic rings. The third kappa shape index (κ3) is 4.37. The van der Waals surface area contributed by atoms with Crippen molar-refractivity contribution in [2.75, 3.05) is 7.05 Å². The van der Waals surface area contributed by atoms with Crippen molar-refractivity contribution in [3.05, 3.63) is 74.8 Å². The van der Waals surface area contributed by atoms with Crippen molar-refractivity contribution in [3.8, 4) is 5.69 Å². The van der Waals surface area contributed by atoms with Crippen molar-refractivity contribution in [3.63, 3.8) is 0 Å². The molecule has 146 valence electrons. The molecule has 3 aromatic rings. The lowest BCUT2D eigenvalue weighted by Crippen LogP contribution is -2.28. The Balaban J connectivity index is 1.78. The Morgan fingerprint density at radius 1 is 1.14 bits per heavy atom. The van der Waals surface area contributed by atoms with Crippen LogP contribution in [0.3, 0.4) is 0 Å². The molecule has 1 aromatic carbocycles. The quantitative estimate of drug-likeness (QED) is 0.566. The molecule has 5 nitrogen and oxygen atoms in total. The minimum absolute atomic E-state index is 0.0163. The fourth-order valence-corrected chi connectivity index (χ4v) is 3.33. The van der Waals surface area contributed by atoms with Crippen LogP contribution in [-0.2, 0) is 17.8 Å². The topological polar surface area (TPSA) is 51.0 Å². The molecular weight excluding hydrogens is 395 g/mol. The third-order valence-electron chi connectivity index (χ3n) is 4.80. The molecule has 28 heavy (non-hydrogen) atoms. The molecule has 0 spiro atoms. The first-order chi connectivity index (χ1) is 13.3. The maximum Gasteiger partial charge on any atom is 0.227 e. The highest BCUT2D eigenvalue weighted by Gasteiger charge is 2.18. The van der Waals surface area contributed by atoms with Crippen LogP contribution in [0.15, 0.2) is 36.5 Å². The van der Waals surface area contributed by atoms with Gasteiger partial charge in [0.2, 0.25) is 5.91 Å². The van der Waals surface area contributed by atoms with E-state index < -0.39 is 0 Å². The maximum absolute atomic E-state index is 12.8. The number of aryl methyl sites for hydroxylation is 2. The summed E-state index contributed by atoms with van der Waals surface area (Å²) in [7, 11) is 1.78. The molecule has 0 aliphatic carbocycles. The van der Waals surface area contributed by atoms with Gasteiger partial charge in [-0.05, 0) is 50.1 Å². The van der Waals surface area contributed by atoms with Crippen molar-refractivity contribution >= 4 is 29.1 Å². The van der Waals surface area contributed by atoms with E-state index in [2.05, 4.69) is 10.1 Å². The Kier molecular flexibility index (Phi) is 6.06. The molecule has 1 amide bonds. The van der Waals surface area contributed by atoms with Gasteiger partial charge in [-0.2, -0.15) is 5.10 Å². The standard InChI is InChI=1S/C21H22Cl2N4O/c1-13-5-7-17(9-19(13)22)27-15(3)18(14(2)25-27)10-21(28)26(4)12-16-6-8-20(23)24-11-16/h5-9,11H,10,12H2,1-4H3. The molecule has 0 radical (unpaired) electrons. The van der Waals surface area contributed by atoms with E-state index in [4.69, 9.17) is 23.2 Å².